The van der Waals surface area contributed by atoms with Crippen molar-refractivity contribution in [3.05, 3.63) is 35.6 Å². The Kier molecular flexibility index (Phi) is 8.24. The minimum Gasteiger partial charge on any atom is -0.357 e. The van der Waals surface area contributed by atoms with Gasteiger partial charge in [-0.3, -0.25) is 0 Å². The topological polar surface area (TPSA) is 70.6 Å². The van der Waals surface area contributed by atoms with Crippen LogP contribution in [0.5, 0.6) is 0 Å². The molecule has 0 saturated carbocycles. The second kappa shape index (κ2) is 9.41. The largest absolute Gasteiger partial charge is 0.357 e. The van der Waals surface area contributed by atoms with Crippen molar-refractivity contribution in [3.8, 4) is 0 Å². The molecule has 1 atom stereocenters. The van der Waals surface area contributed by atoms with E-state index in [-0.39, 0.29) is 47.2 Å². The lowest BCUT2D eigenvalue weighted by molar-refractivity contribution is 0.567. The Morgan fingerprint density at radius 3 is 2.57 bits per heavy atom. The number of guanidine groups is 1. The Morgan fingerprint density at radius 1 is 1.30 bits per heavy atom. The zero-order chi connectivity index (χ0) is 16.0. The molecule has 1 aliphatic rings. The van der Waals surface area contributed by atoms with Gasteiger partial charge in [0.25, 0.3) is 0 Å². The van der Waals surface area contributed by atoms with Crippen molar-refractivity contribution in [2.24, 2.45) is 10.9 Å². The first kappa shape index (κ1) is 20.1. The van der Waals surface area contributed by atoms with Crippen LogP contribution >= 0.6 is 24.0 Å². The van der Waals surface area contributed by atoms with E-state index in [0.29, 0.717) is 25.5 Å². The van der Waals surface area contributed by atoms with Gasteiger partial charge in [0.15, 0.2) is 15.8 Å². The smallest absolute Gasteiger partial charge is 0.191 e. The molecule has 23 heavy (non-hydrogen) atoms. The lowest BCUT2D eigenvalue weighted by atomic mass is 10.1. The van der Waals surface area contributed by atoms with Gasteiger partial charge in [-0.05, 0) is 37.0 Å². The maximum absolute atomic E-state index is 12.9. The van der Waals surface area contributed by atoms with E-state index in [1.165, 1.54) is 12.1 Å². The average molecular weight is 455 g/mol. The van der Waals surface area contributed by atoms with Crippen LogP contribution in [0.2, 0.25) is 0 Å². The van der Waals surface area contributed by atoms with Crippen molar-refractivity contribution >= 4 is 39.8 Å². The molecule has 1 fully saturated rings. The Balaban J connectivity index is 0.00000264. The highest BCUT2D eigenvalue weighted by molar-refractivity contribution is 14.0. The van der Waals surface area contributed by atoms with E-state index < -0.39 is 9.84 Å². The summed E-state index contributed by atoms with van der Waals surface area (Å²) in [6, 6.07) is 6.22. The van der Waals surface area contributed by atoms with Crippen LogP contribution in [0, 0.1) is 11.7 Å². The monoisotopic (exact) mass is 455 g/mol. The van der Waals surface area contributed by atoms with Crippen LogP contribution in [0.3, 0.4) is 0 Å². The summed E-state index contributed by atoms with van der Waals surface area (Å²) >= 11 is 0. The number of halogens is 2. The summed E-state index contributed by atoms with van der Waals surface area (Å²) in [6.45, 7) is 3.72. The Morgan fingerprint density at radius 2 is 2.00 bits per heavy atom. The van der Waals surface area contributed by atoms with Crippen LogP contribution in [-0.4, -0.2) is 39.0 Å². The zero-order valence-corrected chi connectivity index (χ0v) is 16.2. The molecule has 1 heterocycles. The minimum absolute atomic E-state index is 0. The number of hydrogen-bond acceptors (Lipinski definition) is 3. The van der Waals surface area contributed by atoms with Crippen LogP contribution in [0.25, 0.3) is 0 Å². The lowest BCUT2D eigenvalue weighted by Crippen LogP contribution is -2.40. The number of aliphatic imine (C=N–C) groups is 1. The molecular weight excluding hydrogens is 432 g/mol. The van der Waals surface area contributed by atoms with Crippen LogP contribution in [0.4, 0.5) is 4.39 Å². The summed E-state index contributed by atoms with van der Waals surface area (Å²) in [6.07, 6.45) is 0.701. The zero-order valence-electron chi connectivity index (χ0n) is 13.1. The first-order valence-corrected chi connectivity index (χ1v) is 9.27. The highest BCUT2D eigenvalue weighted by Crippen LogP contribution is 2.17. The van der Waals surface area contributed by atoms with E-state index in [9.17, 15) is 12.8 Å². The van der Waals surface area contributed by atoms with Gasteiger partial charge in [-0.1, -0.05) is 12.1 Å². The lowest BCUT2D eigenvalue weighted by Gasteiger charge is -2.14. The number of benzene rings is 1. The molecule has 1 saturated heterocycles. The molecule has 0 spiro atoms. The molecule has 8 heteroatoms. The summed E-state index contributed by atoms with van der Waals surface area (Å²) in [5, 5.41) is 6.31. The van der Waals surface area contributed by atoms with Gasteiger partial charge in [0, 0.05) is 13.1 Å². The van der Waals surface area contributed by atoms with Crippen LogP contribution in [0.15, 0.2) is 29.3 Å². The summed E-state index contributed by atoms with van der Waals surface area (Å²) in [7, 11) is -2.85. The van der Waals surface area contributed by atoms with Gasteiger partial charge in [0.2, 0.25) is 0 Å². The third kappa shape index (κ3) is 7.03. The number of nitrogens with one attached hydrogen (secondary N) is 2. The van der Waals surface area contributed by atoms with Gasteiger partial charge in [0.05, 0.1) is 18.1 Å². The normalized spacial score (nSPS) is 19.9. The third-order valence-electron chi connectivity index (χ3n) is 3.56. The molecule has 1 aromatic rings. The maximum Gasteiger partial charge on any atom is 0.191 e. The predicted molar refractivity (Wildman–Crippen MR) is 101 cm³/mol. The molecule has 2 N–H and O–H groups in total. The molecule has 2 rings (SSSR count). The van der Waals surface area contributed by atoms with Gasteiger partial charge in [-0.2, -0.15) is 0 Å². The van der Waals surface area contributed by atoms with E-state index in [4.69, 9.17) is 0 Å². The van der Waals surface area contributed by atoms with E-state index in [0.717, 1.165) is 12.1 Å². The molecule has 130 valence electrons. The Bertz CT molecular complexity index is 620. The standard InChI is InChI=1S/C15H22FN3O2S.HI/c1-2-17-15(18-9-12-3-5-14(16)6-4-12)19-10-13-7-8-22(20,21)11-13;/h3-6,13H,2,7-11H2,1H3,(H2,17,18,19);1H. The van der Waals surface area contributed by atoms with Gasteiger partial charge in [-0.15, -0.1) is 24.0 Å². The quantitative estimate of drug-likeness (QED) is 0.405. The molecule has 1 aromatic carbocycles. The van der Waals surface area contributed by atoms with E-state index in [1.54, 1.807) is 12.1 Å². The molecule has 5 nitrogen and oxygen atoms in total. The van der Waals surface area contributed by atoms with E-state index >= 15 is 0 Å². The van der Waals surface area contributed by atoms with Gasteiger partial charge in [0.1, 0.15) is 5.82 Å². The molecule has 0 aromatic heterocycles. The highest BCUT2D eigenvalue weighted by Gasteiger charge is 2.27. The Hall–Kier alpha value is -0.900. The number of nitrogens with zero attached hydrogens (tertiary/aromatic N) is 1. The fraction of sp³-hybridized carbons (Fsp3) is 0.533. The summed E-state index contributed by atoms with van der Waals surface area (Å²) in [5.74, 6) is 1.05. The maximum atomic E-state index is 12.9. The SMILES string of the molecule is CCNC(=NCc1ccc(F)cc1)NCC1CCS(=O)(=O)C1.I. The van der Waals surface area contributed by atoms with Crippen molar-refractivity contribution in [2.45, 2.75) is 19.9 Å². The molecule has 1 unspecified atom stereocenters. The number of sulfone groups is 1. The predicted octanol–water partition coefficient (Wildman–Crippen LogP) is 1.93. The molecule has 0 radical (unpaired) electrons. The second-order valence-electron chi connectivity index (χ2n) is 5.47. The second-order valence-corrected chi connectivity index (χ2v) is 7.70. The molecule has 0 amide bonds. The van der Waals surface area contributed by atoms with Gasteiger partial charge < -0.3 is 10.6 Å². The van der Waals surface area contributed by atoms with Crippen molar-refractivity contribution in [1.82, 2.24) is 10.6 Å². The van der Waals surface area contributed by atoms with E-state index in [2.05, 4.69) is 15.6 Å². The average Bonchev–Trinajstić information content (AvgIpc) is 2.83. The summed E-state index contributed by atoms with van der Waals surface area (Å²) < 4.78 is 35.7. The van der Waals surface area contributed by atoms with Crippen LogP contribution in [0.1, 0.15) is 18.9 Å². The van der Waals surface area contributed by atoms with Crippen LogP contribution < -0.4 is 10.6 Å². The summed E-state index contributed by atoms with van der Waals surface area (Å²) in [4.78, 5) is 4.43. The first-order chi connectivity index (χ1) is 10.5. The fourth-order valence-corrected chi connectivity index (χ4v) is 4.24. The molecule has 0 bridgehead atoms. The number of hydrogen-bond donors (Lipinski definition) is 2. The number of rotatable bonds is 5. The minimum atomic E-state index is -2.85. The van der Waals surface area contributed by atoms with Crippen molar-refractivity contribution in [3.63, 3.8) is 0 Å². The van der Waals surface area contributed by atoms with Crippen molar-refractivity contribution in [2.75, 3.05) is 24.6 Å². The third-order valence-corrected chi connectivity index (χ3v) is 5.40. The van der Waals surface area contributed by atoms with Gasteiger partial charge >= 0.3 is 0 Å². The molecular formula is C15H23FIN3O2S. The van der Waals surface area contributed by atoms with Crippen molar-refractivity contribution < 1.29 is 12.8 Å². The van der Waals surface area contributed by atoms with Gasteiger partial charge in [-0.25, -0.2) is 17.8 Å². The fourth-order valence-electron chi connectivity index (χ4n) is 2.38. The van der Waals surface area contributed by atoms with E-state index in [1.807, 2.05) is 6.92 Å². The molecule has 0 aliphatic carbocycles. The van der Waals surface area contributed by atoms with Crippen LogP contribution in [-0.2, 0) is 16.4 Å². The summed E-state index contributed by atoms with van der Waals surface area (Å²) in [5.41, 5.74) is 0.919. The first-order valence-electron chi connectivity index (χ1n) is 7.45. The van der Waals surface area contributed by atoms with Crippen molar-refractivity contribution in [1.29, 1.82) is 0 Å². The highest BCUT2D eigenvalue weighted by atomic mass is 127. The molecule has 1 aliphatic heterocycles. The Labute approximate surface area is 154 Å².